The van der Waals surface area contributed by atoms with Gasteiger partial charge in [-0.2, -0.15) is 4.31 Å². The SMILES string of the molecule is Cc1cccc(Cn2cccc(C(=O)NCC3CCN(S(=O)(=O)c4ccccc4)CC3)c2=O)c1. The van der Waals surface area contributed by atoms with Crippen molar-refractivity contribution in [1.82, 2.24) is 14.2 Å². The molecule has 0 bridgehead atoms. The third-order valence-electron chi connectivity index (χ3n) is 6.21. The third kappa shape index (κ3) is 5.46. The van der Waals surface area contributed by atoms with Crippen LogP contribution >= 0.6 is 0 Å². The highest BCUT2D eigenvalue weighted by molar-refractivity contribution is 7.89. The van der Waals surface area contributed by atoms with Gasteiger partial charge >= 0.3 is 0 Å². The van der Waals surface area contributed by atoms with E-state index < -0.39 is 15.9 Å². The summed E-state index contributed by atoms with van der Waals surface area (Å²) < 4.78 is 28.6. The molecule has 8 heteroatoms. The standard InChI is InChI=1S/C26H29N3O4S/c1-20-7-5-8-22(17-20)19-28-14-6-11-24(26(28)31)25(30)27-18-21-12-15-29(16-13-21)34(32,33)23-9-3-2-4-10-23/h2-11,14,17,21H,12-13,15-16,18-19H2,1H3,(H,27,30). The summed E-state index contributed by atoms with van der Waals surface area (Å²) in [5, 5.41) is 2.87. The first-order chi connectivity index (χ1) is 16.3. The molecule has 0 spiro atoms. The molecular formula is C26H29N3O4S. The highest BCUT2D eigenvalue weighted by Gasteiger charge is 2.29. The van der Waals surface area contributed by atoms with Gasteiger partial charge in [-0.1, -0.05) is 48.0 Å². The average molecular weight is 480 g/mol. The second kappa shape index (κ2) is 10.4. The number of nitrogens with one attached hydrogen (secondary N) is 1. The molecule has 34 heavy (non-hydrogen) atoms. The highest BCUT2D eigenvalue weighted by Crippen LogP contribution is 2.23. The fourth-order valence-electron chi connectivity index (χ4n) is 4.27. The van der Waals surface area contributed by atoms with E-state index in [9.17, 15) is 18.0 Å². The molecule has 0 radical (unpaired) electrons. The van der Waals surface area contributed by atoms with Crippen LogP contribution in [-0.2, 0) is 16.6 Å². The van der Waals surface area contributed by atoms with Gasteiger partial charge in [0.25, 0.3) is 11.5 Å². The Morgan fingerprint density at radius 3 is 2.44 bits per heavy atom. The number of amides is 1. The van der Waals surface area contributed by atoms with Crippen molar-refractivity contribution in [3.05, 3.63) is 100.0 Å². The Kier molecular flexibility index (Phi) is 7.29. The van der Waals surface area contributed by atoms with Crippen molar-refractivity contribution < 1.29 is 13.2 Å². The number of pyridine rings is 1. The van der Waals surface area contributed by atoms with Crippen LogP contribution in [0.15, 0.2) is 82.6 Å². The number of rotatable bonds is 7. The Hall–Kier alpha value is -3.23. The molecule has 1 fully saturated rings. The molecule has 0 unspecified atom stereocenters. The van der Waals surface area contributed by atoms with Crippen LogP contribution < -0.4 is 10.9 Å². The number of carbonyl (C=O) groups is 1. The van der Waals surface area contributed by atoms with Crippen LogP contribution in [0, 0.1) is 12.8 Å². The number of aromatic nitrogens is 1. The van der Waals surface area contributed by atoms with Crippen molar-refractivity contribution in [1.29, 1.82) is 0 Å². The predicted molar refractivity (Wildman–Crippen MR) is 131 cm³/mol. The quantitative estimate of drug-likeness (QED) is 0.564. The lowest BCUT2D eigenvalue weighted by Crippen LogP contribution is -2.42. The third-order valence-corrected chi connectivity index (χ3v) is 8.12. The lowest BCUT2D eigenvalue weighted by Gasteiger charge is -2.31. The number of nitrogens with zero attached hydrogens (tertiary/aromatic N) is 2. The zero-order valence-electron chi connectivity index (χ0n) is 19.2. The van der Waals surface area contributed by atoms with Gasteiger partial charge in [0, 0.05) is 25.8 Å². The van der Waals surface area contributed by atoms with Gasteiger partial charge in [0.1, 0.15) is 5.56 Å². The first-order valence-corrected chi connectivity index (χ1v) is 12.9. The summed E-state index contributed by atoms with van der Waals surface area (Å²) in [6.07, 6.45) is 2.99. The van der Waals surface area contributed by atoms with Crippen LogP contribution in [0.5, 0.6) is 0 Å². The van der Waals surface area contributed by atoms with Crippen LogP contribution in [0.3, 0.4) is 0 Å². The van der Waals surface area contributed by atoms with Crippen LogP contribution in [0.1, 0.15) is 34.3 Å². The molecular weight excluding hydrogens is 450 g/mol. The fraction of sp³-hybridized carbons (Fsp3) is 0.308. The Morgan fingerprint density at radius 2 is 1.74 bits per heavy atom. The number of hydrogen-bond acceptors (Lipinski definition) is 4. The molecule has 2 aromatic carbocycles. The minimum atomic E-state index is -3.50. The highest BCUT2D eigenvalue weighted by atomic mass is 32.2. The summed E-state index contributed by atoms with van der Waals surface area (Å²) >= 11 is 0. The smallest absolute Gasteiger partial charge is 0.263 e. The number of piperidine rings is 1. The van der Waals surface area contributed by atoms with Gasteiger partial charge in [0.05, 0.1) is 11.4 Å². The zero-order valence-corrected chi connectivity index (χ0v) is 20.0. The second-order valence-electron chi connectivity index (χ2n) is 8.71. The Labute approximate surface area is 200 Å². The second-order valence-corrected chi connectivity index (χ2v) is 10.7. The molecule has 0 saturated carbocycles. The van der Waals surface area contributed by atoms with E-state index in [0.717, 1.165) is 11.1 Å². The number of aryl methyl sites for hydroxylation is 1. The zero-order chi connectivity index (χ0) is 24.1. The molecule has 1 aliphatic rings. The van der Waals surface area contributed by atoms with Crippen molar-refractivity contribution in [2.75, 3.05) is 19.6 Å². The van der Waals surface area contributed by atoms with Crippen molar-refractivity contribution in [2.45, 2.75) is 31.2 Å². The van der Waals surface area contributed by atoms with Crippen LogP contribution in [0.25, 0.3) is 0 Å². The lowest BCUT2D eigenvalue weighted by molar-refractivity contribution is 0.0939. The Morgan fingerprint density at radius 1 is 1.00 bits per heavy atom. The minimum absolute atomic E-state index is 0.110. The van der Waals surface area contributed by atoms with Crippen LogP contribution in [0.4, 0.5) is 0 Å². The first kappa shape index (κ1) is 23.9. The molecule has 4 rings (SSSR count). The first-order valence-electron chi connectivity index (χ1n) is 11.4. The van der Waals surface area contributed by atoms with E-state index in [1.54, 1.807) is 48.7 Å². The van der Waals surface area contributed by atoms with Gasteiger partial charge in [-0.05, 0) is 55.5 Å². The molecule has 0 aliphatic carbocycles. The Bertz CT molecular complexity index is 1310. The molecule has 1 aliphatic heterocycles. The van der Waals surface area contributed by atoms with E-state index in [2.05, 4.69) is 5.32 Å². The number of carbonyl (C=O) groups excluding carboxylic acids is 1. The molecule has 1 N–H and O–H groups in total. The summed E-state index contributed by atoms with van der Waals surface area (Å²) in [5.74, 6) is -0.243. The van der Waals surface area contributed by atoms with Gasteiger partial charge in [0.15, 0.2) is 0 Å². The Balaban J connectivity index is 1.34. The molecule has 1 saturated heterocycles. The monoisotopic (exact) mass is 479 g/mol. The topological polar surface area (TPSA) is 88.5 Å². The van der Waals surface area contributed by atoms with Gasteiger partial charge in [-0.15, -0.1) is 0 Å². The van der Waals surface area contributed by atoms with Crippen molar-refractivity contribution in [3.63, 3.8) is 0 Å². The largest absolute Gasteiger partial charge is 0.352 e. The van der Waals surface area contributed by atoms with Gasteiger partial charge < -0.3 is 9.88 Å². The molecule has 1 aromatic heterocycles. The van der Waals surface area contributed by atoms with E-state index >= 15 is 0 Å². The van der Waals surface area contributed by atoms with Gasteiger partial charge in [0.2, 0.25) is 10.0 Å². The summed E-state index contributed by atoms with van der Waals surface area (Å²) in [5.41, 5.74) is 1.89. The van der Waals surface area contributed by atoms with Crippen molar-refractivity contribution >= 4 is 15.9 Å². The summed E-state index contributed by atoms with van der Waals surface area (Å²) in [6, 6.07) is 19.6. The summed E-state index contributed by atoms with van der Waals surface area (Å²) in [7, 11) is -3.50. The fourth-order valence-corrected chi connectivity index (χ4v) is 5.76. The lowest BCUT2D eigenvalue weighted by atomic mass is 9.98. The molecule has 7 nitrogen and oxygen atoms in total. The molecule has 3 aromatic rings. The maximum Gasteiger partial charge on any atom is 0.263 e. The van der Waals surface area contributed by atoms with E-state index in [-0.39, 0.29) is 17.0 Å². The van der Waals surface area contributed by atoms with Crippen LogP contribution in [-0.4, -0.2) is 42.8 Å². The van der Waals surface area contributed by atoms with E-state index in [0.29, 0.717) is 43.9 Å². The molecule has 0 atom stereocenters. The maximum atomic E-state index is 12.9. The number of benzene rings is 2. The van der Waals surface area contributed by atoms with Crippen LogP contribution in [0.2, 0.25) is 0 Å². The average Bonchev–Trinajstić information content (AvgIpc) is 2.85. The van der Waals surface area contributed by atoms with Crippen molar-refractivity contribution in [3.8, 4) is 0 Å². The molecule has 2 heterocycles. The van der Waals surface area contributed by atoms with Crippen molar-refractivity contribution in [2.24, 2.45) is 5.92 Å². The molecule has 178 valence electrons. The van der Waals surface area contributed by atoms with E-state index in [1.165, 1.54) is 8.87 Å². The minimum Gasteiger partial charge on any atom is -0.352 e. The number of sulfonamides is 1. The van der Waals surface area contributed by atoms with Gasteiger partial charge in [-0.3, -0.25) is 9.59 Å². The summed E-state index contributed by atoms with van der Waals surface area (Å²) in [4.78, 5) is 25.9. The maximum absolute atomic E-state index is 12.9. The van der Waals surface area contributed by atoms with E-state index in [4.69, 9.17) is 0 Å². The number of hydrogen-bond donors (Lipinski definition) is 1. The van der Waals surface area contributed by atoms with E-state index in [1.807, 2.05) is 31.2 Å². The summed E-state index contributed by atoms with van der Waals surface area (Å²) in [6.45, 7) is 3.62. The van der Waals surface area contributed by atoms with Gasteiger partial charge in [-0.25, -0.2) is 8.42 Å². The predicted octanol–water partition coefficient (Wildman–Crippen LogP) is 3.04. The molecule has 1 amide bonds. The normalized spacial score (nSPS) is 15.2.